The number of carbonyl (C=O) groups excluding carboxylic acids is 2. The van der Waals surface area contributed by atoms with Crippen LogP contribution in [0.5, 0.6) is 0 Å². The Morgan fingerprint density at radius 1 is 0.543 bits per heavy atom. The number of nitrogens with two attached hydrogens (primary N) is 4. The normalized spacial score (nSPS) is 21.8. The van der Waals surface area contributed by atoms with Crippen LogP contribution in [0.3, 0.4) is 0 Å². The van der Waals surface area contributed by atoms with E-state index >= 15 is 0 Å². The molecule has 2 aromatic carbocycles. The Labute approximate surface area is 707 Å². The molecule has 12 atom stereocenters. The minimum Gasteiger partial charge on any atom is -0.790 e. The maximum Gasteiger partial charge on any atom is 1.00 e. The molecule has 2 aliphatic heterocycles. The van der Waals surface area contributed by atoms with E-state index < -0.39 is 132 Å². The third-order valence-electron chi connectivity index (χ3n) is 10.6. The fraction of sp³-hybridized carbons (Fsp3) is 0.294. The average Bonchev–Trinajstić information content (AvgIpc) is 1.62. The summed E-state index contributed by atoms with van der Waals surface area (Å²) >= 11 is 6.32. The predicted octanol–water partition coefficient (Wildman–Crippen LogP) is -29.3. The number of ether oxygens (including phenoxy) is 4. The van der Waals surface area contributed by atoms with Crippen LogP contribution in [0.2, 0.25) is 0 Å². The molecule has 0 radical (unpaired) electrons. The van der Waals surface area contributed by atoms with Crippen LogP contribution in [-0.4, -0.2) is 111 Å². The monoisotopic (exact) mass is 1620 g/mol. The number of esters is 2. The summed E-state index contributed by atoms with van der Waals surface area (Å²) in [6.45, 7) is -2.45. The van der Waals surface area contributed by atoms with E-state index in [4.69, 9.17) is 41.9 Å². The van der Waals surface area contributed by atoms with Crippen LogP contribution in [0.25, 0.3) is 22.3 Å². The minimum absolute atomic E-state index is 0. The first-order valence-corrected chi connectivity index (χ1v) is 32.1. The van der Waals surface area contributed by atoms with Crippen molar-refractivity contribution in [3.63, 3.8) is 0 Å². The minimum atomic E-state index is -6.28. The number of hydrogen-bond donors (Lipinski definition) is 8. The molecule has 2 saturated heterocycles. The van der Waals surface area contributed by atoms with Crippen LogP contribution < -0.4 is 310 Å². The quantitative estimate of drug-likeness (QED) is 0.0152. The predicted molar refractivity (Wildman–Crippen MR) is 262 cm³/mol. The number of halogens is 2. The van der Waals surface area contributed by atoms with Crippen molar-refractivity contribution in [3.8, 4) is 0 Å². The molecule has 92 heavy (non-hydrogen) atoms. The largest absolute Gasteiger partial charge is 1.00 e. The molecule has 2 aliphatic rings. The molecule has 58 heteroatoms. The van der Waals surface area contributed by atoms with Gasteiger partial charge in [-0.05, 0) is 36.4 Å². The Bertz CT molecular complexity index is 3990. The molecule has 6 heterocycles. The Balaban J connectivity index is 0. The summed E-state index contributed by atoms with van der Waals surface area (Å²) in [5, 5.41) is 22.0. The van der Waals surface area contributed by atoms with Gasteiger partial charge in [0.2, 0.25) is 11.9 Å². The number of aliphatic hydroxyl groups excluding tert-OH is 2. The number of aromatic nitrogens is 8. The van der Waals surface area contributed by atoms with Crippen molar-refractivity contribution in [2.45, 2.75) is 49.1 Å². The second-order valence-corrected chi connectivity index (χ2v) is 26.8. The zero-order valence-corrected chi connectivity index (χ0v) is 72.9. The first kappa shape index (κ1) is 97.0. The van der Waals surface area contributed by atoms with E-state index in [0.717, 1.165) is 21.8 Å². The van der Waals surface area contributed by atoms with Gasteiger partial charge in [0, 0.05) is 20.3 Å². The molecule has 0 aliphatic carbocycles. The molecule has 8 rings (SSSR count). The van der Waals surface area contributed by atoms with Crippen molar-refractivity contribution in [1.29, 1.82) is 0 Å². The number of H-pyrrole nitrogens is 2. The van der Waals surface area contributed by atoms with Crippen LogP contribution in [0.15, 0.2) is 67.6 Å². The number of aliphatic hydroxyl groups is 2. The zero-order valence-electron chi connectivity index (χ0n) is 48.4. The summed E-state index contributed by atoms with van der Waals surface area (Å²) in [5.74, 6) is -2.89. The average molecular weight is 1620 g/mol. The Kier molecular flexibility index (Phi) is 41.8. The van der Waals surface area contributed by atoms with Crippen LogP contribution in [0, 0.1) is 0 Å². The molecule has 2 fully saturated rings. The van der Waals surface area contributed by atoms with E-state index in [1.165, 1.54) is 36.4 Å². The van der Waals surface area contributed by atoms with Crippen molar-refractivity contribution in [1.82, 2.24) is 39.0 Å². The van der Waals surface area contributed by atoms with Crippen molar-refractivity contribution < 1.29 is 368 Å². The van der Waals surface area contributed by atoms with Gasteiger partial charge >= 0.3 is 248 Å². The SMILES string of the molecule is Nc1nc2c(ncn2C2OC(COP(=O)([O-])OP(=O)([O-])OP(=O)([O-])[O-])C(O)C2OC(=O)c2cc(Br)ccc2N)c(=O)[nH]1.Nc1nc2c(ncn2C2OC(COP(=O)([O-])OP(=O)([O-])OP(=O)([O-])[O-])C(OC(=O)c3cc(Br)ccc3N)C2O)c(=O)[nH]1.[Na+].[Na+].[Na+].[Na+].[Na+].[Na+].[Na+].[Na+]. The molecule has 460 valence electrons. The number of nitrogens with one attached hydrogen (secondary N) is 2. The van der Waals surface area contributed by atoms with Gasteiger partial charge in [-0.2, -0.15) is 9.97 Å². The van der Waals surface area contributed by atoms with E-state index in [1.807, 2.05) is 0 Å². The second-order valence-electron chi connectivity index (χ2n) is 16.5. The molecular weight excluding hydrogens is 1590 g/mol. The summed E-state index contributed by atoms with van der Waals surface area (Å²) in [6, 6.07) is 8.36. The van der Waals surface area contributed by atoms with Crippen molar-refractivity contribution in [2.24, 2.45) is 0 Å². The van der Waals surface area contributed by atoms with E-state index in [0.29, 0.717) is 8.95 Å². The maximum absolute atomic E-state index is 13.0. The summed E-state index contributed by atoms with van der Waals surface area (Å²) in [4.78, 5) is 159. The Morgan fingerprint density at radius 2 is 0.902 bits per heavy atom. The molecule has 4 aromatic heterocycles. The summed E-state index contributed by atoms with van der Waals surface area (Å²) < 4.78 is 115. The molecular formula is C34H32Br2N12Na8O30P6. The zero-order chi connectivity index (χ0) is 62.4. The third-order valence-corrected chi connectivity index (χ3v) is 18.9. The molecule has 0 spiro atoms. The molecule has 12 N–H and O–H groups in total. The van der Waals surface area contributed by atoms with Gasteiger partial charge < -0.3 is 109 Å². The molecule has 0 bridgehead atoms. The third kappa shape index (κ3) is 26.9. The van der Waals surface area contributed by atoms with Crippen LogP contribution in [0.1, 0.15) is 33.2 Å². The maximum atomic E-state index is 13.0. The number of carbonyl (C=O) groups is 2. The fourth-order valence-corrected chi connectivity index (χ4v) is 13.8. The number of fused-ring (bicyclic) bond motifs is 2. The summed E-state index contributed by atoms with van der Waals surface area (Å²) in [6.07, 6.45) is -11.9. The van der Waals surface area contributed by atoms with Crippen molar-refractivity contribution >= 4 is 136 Å². The van der Waals surface area contributed by atoms with Gasteiger partial charge in [-0.25, -0.2) is 28.2 Å². The number of phosphoric acid groups is 6. The molecule has 12 unspecified atom stereocenters. The number of aromatic amines is 2. The number of nitrogen functional groups attached to an aromatic ring is 4. The standard InChI is InChI=1S/2C17H20BrN6O15P3.8Na/c18-6-1-2-8(19)7(3-6)16(27)37-12-9(4-35-41(31,32)39-42(33,34)38-40(28,29)30)36-15(11(12)25)24-5-21-10-13(24)22-17(20)23-14(10)26;18-6-1-2-8(19)7(3-6)16(27)37-12-11(25)9(4-35-41(31,32)39-42(33,34)38-40(28,29)30)36-15(12)24-5-21-10-13(24)22-17(20)23-14(10)26;;;;;;;;/h2*1-3,5,9,11-12,15,25H,4,19H2,(H,31,32)(H,33,34)(H2,28,29,30)(H3,20,22,23,26);;;;;;;;/q;;8*+1/p-8. The van der Waals surface area contributed by atoms with Gasteiger partial charge in [-0.1, -0.05) is 31.9 Å². The van der Waals surface area contributed by atoms with Crippen molar-refractivity contribution in [3.05, 3.63) is 89.8 Å². The number of benzene rings is 2. The van der Waals surface area contributed by atoms with Gasteiger partial charge in [0.05, 0.1) is 52.6 Å². The topological polar surface area (TPSA) is 685 Å². The molecule has 0 saturated carbocycles. The van der Waals surface area contributed by atoms with Crippen LogP contribution in [0.4, 0.5) is 23.3 Å². The molecule has 42 nitrogen and oxygen atoms in total. The number of rotatable bonds is 20. The van der Waals surface area contributed by atoms with E-state index in [2.05, 4.69) is 88.1 Å². The number of hydrogen-bond acceptors (Lipinski definition) is 38. The summed E-state index contributed by atoms with van der Waals surface area (Å²) in [5.41, 5.74) is 20.0. The number of phosphoric ester groups is 2. The number of imidazole rings is 2. The summed E-state index contributed by atoms with van der Waals surface area (Å²) in [7, 11) is -37.0. The van der Waals surface area contributed by atoms with Gasteiger partial charge in [-0.3, -0.25) is 55.6 Å². The fourth-order valence-electron chi connectivity index (χ4n) is 7.38. The van der Waals surface area contributed by atoms with Gasteiger partial charge in [0.25, 0.3) is 42.4 Å². The molecule has 0 amide bonds. The van der Waals surface area contributed by atoms with Gasteiger partial charge in [0.1, 0.15) is 24.4 Å². The molecule has 6 aromatic rings. The van der Waals surface area contributed by atoms with Crippen LogP contribution >= 0.6 is 78.8 Å². The Hall–Kier alpha value is 2.90. The first-order chi connectivity index (χ1) is 38.7. The smallest absolute Gasteiger partial charge is 0.790 e. The number of anilines is 4. The number of nitrogens with zero attached hydrogens (tertiary/aromatic N) is 6. The van der Waals surface area contributed by atoms with Crippen LogP contribution in [-0.2, 0) is 72.6 Å². The van der Waals surface area contributed by atoms with Crippen molar-refractivity contribution in [2.75, 3.05) is 36.1 Å². The van der Waals surface area contributed by atoms with E-state index in [1.54, 1.807) is 0 Å². The second kappa shape index (κ2) is 39.7. The van der Waals surface area contributed by atoms with Gasteiger partial charge in [0.15, 0.2) is 47.0 Å². The Morgan fingerprint density at radius 3 is 1.29 bits per heavy atom. The van der Waals surface area contributed by atoms with Gasteiger partial charge in [-0.15, -0.1) is 0 Å². The first-order valence-electron chi connectivity index (χ1n) is 21.8. The van der Waals surface area contributed by atoms with E-state index in [9.17, 15) is 95.9 Å². The van der Waals surface area contributed by atoms with E-state index in [-0.39, 0.29) is 293 Å².